The zero-order valence-corrected chi connectivity index (χ0v) is 18.9. The molecule has 0 unspecified atom stereocenters. The van der Waals surface area contributed by atoms with E-state index < -0.39 is 0 Å². The van der Waals surface area contributed by atoms with Crippen molar-refractivity contribution in [3.05, 3.63) is 66.2 Å². The molecule has 0 bridgehead atoms. The minimum absolute atomic E-state index is 0.120. The molecule has 1 aliphatic heterocycles. The topological polar surface area (TPSA) is 115 Å². The Morgan fingerprint density at radius 1 is 1.06 bits per heavy atom. The van der Waals surface area contributed by atoms with Crippen LogP contribution in [0, 0.1) is 0 Å². The van der Waals surface area contributed by atoms with Crippen LogP contribution in [0.1, 0.15) is 10.4 Å². The van der Waals surface area contributed by atoms with E-state index in [9.17, 15) is 9.59 Å². The molecule has 0 saturated carbocycles. The van der Waals surface area contributed by atoms with Crippen LogP contribution in [-0.4, -0.2) is 41.4 Å². The monoisotopic (exact) mass is 476 g/mol. The van der Waals surface area contributed by atoms with Crippen molar-refractivity contribution in [2.45, 2.75) is 5.16 Å². The van der Waals surface area contributed by atoms with E-state index in [4.69, 9.17) is 14.2 Å². The van der Waals surface area contributed by atoms with Crippen molar-refractivity contribution in [3.8, 4) is 17.2 Å². The van der Waals surface area contributed by atoms with Gasteiger partial charge in [0.05, 0.1) is 35.1 Å². The zero-order chi connectivity index (χ0) is 23.5. The highest BCUT2D eigenvalue weighted by Gasteiger charge is 2.17. The van der Waals surface area contributed by atoms with Crippen molar-refractivity contribution in [1.82, 2.24) is 9.97 Å². The fourth-order valence-corrected chi connectivity index (χ4v) is 4.13. The lowest BCUT2D eigenvalue weighted by Gasteiger charge is -2.11. The molecule has 34 heavy (non-hydrogen) atoms. The number of ether oxygens (including phenoxy) is 3. The summed E-state index contributed by atoms with van der Waals surface area (Å²) in [6.07, 6.45) is 0. The molecule has 0 saturated heterocycles. The number of carbonyl (C=O) groups excluding carboxylic acids is 2. The summed E-state index contributed by atoms with van der Waals surface area (Å²) < 4.78 is 15.9. The number of para-hydroxylation sites is 1. The first-order valence-electron chi connectivity index (χ1n) is 10.4. The number of aromatic amines is 1. The molecule has 5 rings (SSSR count). The van der Waals surface area contributed by atoms with Crippen molar-refractivity contribution >= 4 is 46.0 Å². The molecule has 10 heteroatoms. The van der Waals surface area contributed by atoms with Crippen molar-refractivity contribution in [2.75, 3.05) is 30.3 Å². The van der Waals surface area contributed by atoms with Gasteiger partial charge in [0.1, 0.15) is 5.75 Å². The molecule has 3 aromatic carbocycles. The predicted octanol–water partition coefficient (Wildman–Crippen LogP) is 4.28. The summed E-state index contributed by atoms with van der Waals surface area (Å²) in [5, 5.41) is 6.26. The summed E-state index contributed by atoms with van der Waals surface area (Å²) in [5.74, 6) is 1.43. The van der Waals surface area contributed by atoms with E-state index in [1.54, 1.807) is 49.6 Å². The normalized spacial score (nSPS) is 11.9. The van der Waals surface area contributed by atoms with Crippen molar-refractivity contribution in [1.29, 1.82) is 0 Å². The van der Waals surface area contributed by atoms with E-state index in [-0.39, 0.29) is 24.4 Å². The Morgan fingerprint density at radius 3 is 2.79 bits per heavy atom. The second-order valence-corrected chi connectivity index (χ2v) is 8.29. The van der Waals surface area contributed by atoms with Crippen LogP contribution in [0.25, 0.3) is 11.0 Å². The number of imidazole rings is 1. The third kappa shape index (κ3) is 4.62. The Kier molecular flexibility index (Phi) is 5.96. The first-order valence-corrected chi connectivity index (χ1v) is 11.3. The number of hydrogen-bond acceptors (Lipinski definition) is 7. The highest BCUT2D eigenvalue weighted by Crippen LogP contribution is 2.34. The van der Waals surface area contributed by atoms with Gasteiger partial charge >= 0.3 is 0 Å². The molecule has 0 atom stereocenters. The highest BCUT2D eigenvalue weighted by atomic mass is 32.2. The molecule has 0 fully saturated rings. The number of nitrogens with one attached hydrogen (secondary N) is 3. The first-order chi connectivity index (χ1) is 16.6. The Balaban J connectivity index is 1.23. The van der Waals surface area contributed by atoms with Gasteiger partial charge in [-0.05, 0) is 36.4 Å². The number of fused-ring (bicyclic) bond motifs is 2. The number of amides is 2. The smallest absolute Gasteiger partial charge is 0.257 e. The number of thioether (sulfide) groups is 1. The highest BCUT2D eigenvalue weighted by molar-refractivity contribution is 7.99. The van der Waals surface area contributed by atoms with Crippen LogP contribution in [0.15, 0.2) is 65.8 Å². The zero-order valence-electron chi connectivity index (χ0n) is 18.1. The van der Waals surface area contributed by atoms with Gasteiger partial charge in [-0.1, -0.05) is 23.9 Å². The van der Waals surface area contributed by atoms with Crippen LogP contribution < -0.4 is 24.8 Å². The molecule has 0 radical (unpaired) electrons. The Bertz CT molecular complexity index is 1390. The minimum Gasteiger partial charge on any atom is -0.497 e. The third-order valence-electron chi connectivity index (χ3n) is 5.08. The summed E-state index contributed by atoms with van der Waals surface area (Å²) in [5.41, 5.74) is 2.93. The van der Waals surface area contributed by atoms with Crippen molar-refractivity contribution < 1.29 is 23.8 Å². The van der Waals surface area contributed by atoms with Crippen LogP contribution in [-0.2, 0) is 4.79 Å². The second-order valence-electron chi connectivity index (χ2n) is 7.33. The van der Waals surface area contributed by atoms with Gasteiger partial charge in [0.2, 0.25) is 12.7 Å². The fourth-order valence-electron chi connectivity index (χ4n) is 3.44. The number of benzene rings is 3. The SMILES string of the molecule is COc1ccc2nc(SCC(=O)Nc3ccccc3C(=O)Nc3ccc4c(c3)OCO4)[nH]c2c1. The van der Waals surface area contributed by atoms with Crippen molar-refractivity contribution in [2.24, 2.45) is 0 Å². The summed E-state index contributed by atoms with van der Waals surface area (Å²) in [4.78, 5) is 33.1. The van der Waals surface area contributed by atoms with E-state index in [0.29, 0.717) is 33.6 Å². The molecule has 172 valence electrons. The molecular formula is C24H20N4O5S. The lowest BCUT2D eigenvalue weighted by molar-refractivity contribution is -0.113. The number of aromatic nitrogens is 2. The molecule has 4 aromatic rings. The average Bonchev–Trinajstić information content (AvgIpc) is 3.48. The quantitative estimate of drug-likeness (QED) is 0.341. The number of methoxy groups -OCH3 is 1. The van der Waals surface area contributed by atoms with Crippen LogP contribution in [0.2, 0.25) is 0 Å². The Hall–Kier alpha value is -4.18. The predicted molar refractivity (Wildman–Crippen MR) is 129 cm³/mol. The van der Waals surface area contributed by atoms with Gasteiger partial charge in [-0.25, -0.2) is 4.98 Å². The number of H-pyrrole nitrogens is 1. The number of carbonyl (C=O) groups is 2. The number of nitrogens with zero attached hydrogens (tertiary/aromatic N) is 1. The molecule has 0 aliphatic carbocycles. The second kappa shape index (κ2) is 9.36. The summed E-state index contributed by atoms with van der Waals surface area (Å²) in [6, 6.07) is 17.5. The largest absolute Gasteiger partial charge is 0.497 e. The Morgan fingerprint density at radius 2 is 1.91 bits per heavy atom. The van der Waals surface area contributed by atoms with Gasteiger partial charge in [0, 0.05) is 17.8 Å². The maximum atomic E-state index is 12.9. The van der Waals surface area contributed by atoms with Gasteiger partial charge in [-0.2, -0.15) is 0 Å². The summed E-state index contributed by atoms with van der Waals surface area (Å²) in [7, 11) is 1.60. The van der Waals surface area contributed by atoms with Crippen LogP contribution in [0.4, 0.5) is 11.4 Å². The first kappa shape index (κ1) is 21.7. The van der Waals surface area contributed by atoms with E-state index in [1.807, 2.05) is 18.2 Å². The van der Waals surface area contributed by atoms with Gasteiger partial charge in [-0.15, -0.1) is 0 Å². The van der Waals surface area contributed by atoms with Crippen LogP contribution >= 0.6 is 11.8 Å². The lowest BCUT2D eigenvalue weighted by atomic mass is 10.1. The molecule has 9 nitrogen and oxygen atoms in total. The summed E-state index contributed by atoms with van der Waals surface area (Å²) >= 11 is 1.27. The molecule has 0 spiro atoms. The van der Waals surface area contributed by atoms with E-state index in [0.717, 1.165) is 16.8 Å². The molecule has 2 amide bonds. The standard InChI is InChI=1S/C24H20N4O5S/c1-31-15-7-8-18-19(11-15)28-24(27-18)34-12-22(29)26-17-5-3-2-4-16(17)23(30)25-14-6-9-20-21(10-14)33-13-32-20/h2-11H,12-13H2,1H3,(H,25,30)(H,26,29)(H,27,28). The third-order valence-corrected chi connectivity index (χ3v) is 5.96. The van der Waals surface area contributed by atoms with E-state index in [1.165, 1.54) is 11.8 Å². The van der Waals surface area contributed by atoms with Crippen LogP contribution in [0.3, 0.4) is 0 Å². The Labute approximate surface area is 198 Å². The van der Waals surface area contributed by atoms with Gasteiger partial charge in [0.25, 0.3) is 5.91 Å². The molecular weight excluding hydrogens is 456 g/mol. The fraction of sp³-hybridized carbons (Fsp3) is 0.125. The number of hydrogen-bond donors (Lipinski definition) is 3. The van der Waals surface area contributed by atoms with Gasteiger partial charge < -0.3 is 29.8 Å². The minimum atomic E-state index is -0.353. The molecule has 1 aromatic heterocycles. The van der Waals surface area contributed by atoms with Crippen molar-refractivity contribution in [3.63, 3.8) is 0 Å². The average molecular weight is 477 g/mol. The molecule has 2 heterocycles. The van der Waals surface area contributed by atoms with Gasteiger partial charge in [0.15, 0.2) is 16.7 Å². The number of rotatable bonds is 7. The van der Waals surface area contributed by atoms with Gasteiger partial charge in [-0.3, -0.25) is 9.59 Å². The molecule has 3 N–H and O–H groups in total. The lowest BCUT2D eigenvalue weighted by Crippen LogP contribution is -2.19. The van der Waals surface area contributed by atoms with E-state index in [2.05, 4.69) is 20.6 Å². The summed E-state index contributed by atoms with van der Waals surface area (Å²) in [6.45, 7) is 0.155. The maximum absolute atomic E-state index is 12.9. The van der Waals surface area contributed by atoms with Crippen LogP contribution in [0.5, 0.6) is 17.2 Å². The number of anilines is 2. The maximum Gasteiger partial charge on any atom is 0.257 e. The molecule has 1 aliphatic rings. The van der Waals surface area contributed by atoms with E-state index >= 15 is 0 Å².